The van der Waals surface area contributed by atoms with Gasteiger partial charge in [-0.3, -0.25) is 9.89 Å². The van der Waals surface area contributed by atoms with Crippen molar-refractivity contribution in [1.82, 2.24) is 15.5 Å². The third-order valence-corrected chi connectivity index (χ3v) is 1.63. The molecule has 1 heterocycles. The number of hydrogen-bond donors (Lipinski definition) is 2. The van der Waals surface area contributed by atoms with Crippen molar-refractivity contribution in [3.05, 3.63) is 18.0 Å². The number of carbonyl (C=O) groups excluding carboxylic acids is 1. The van der Waals surface area contributed by atoms with E-state index in [1.165, 1.54) is 12.4 Å². The topological polar surface area (TPSA) is 57.8 Å². The number of rotatable bonds is 3. The fraction of sp³-hybridized carbons (Fsp3) is 0.333. The van der Waals surface area contributed by atoms with Crippen LogP contribution in [0.1, 0.15) is 5.56 Å². The van der Waals surface area contributed by atoms with E-state index in [0.717, 1.165) is 0 Å². The zero-order chi connectivity index (χ0) is 9.90. The van der Waals surface area contributed by atoms with E-state index in [2.05, 4.69) is 10.2 Å². The minimum Gasteiger partial charge on any atom is -0.346 e. The van der Waals surface area contributed by atoms with Crippen LogP contribution in [-0.4, -0.2) is 20.9 Å². The maximum absolute atomic E-state index is 12.2. The van der Waals surface area contributed by atoms with E-state index in [9.17, 15) is 13.6 Å². The highest BCUT2D eigenvalue weighted by Gasteiger charge is 2.34. The van der Waals surface area contributed by atoms with E-state index in [1.54, 1.807) is 0 Å². The summed E-state index contributed by atoms with van der Waals surface area (Å²) in [6, 6.07) is 0. The van der Waals surface area contributed by atoms with Crippen molar-refractivity contribution in [2.24, 2.45) is 0 Å². The van der Waals surface area contributed by atoms with E-state index in [-0.39, 0.29) is 6.54 Å². The molecule has 0 unspecified atom stereocenters. The van der Waals surface area contributed by atoms with Gasteiger partial charge in [-0.05, 0) is 0 Å². The molecule has 2 N–H and O–H groups in total. The van der Waals surface area contributed by atoms with Gasteiger partial charge < -0.3 is 5.32 Å². The molecule has 0 atom stereocenters. The molecular formula is C6H6BrF2N3O. The van der Waals surface area contributed by atoms with Gasteiger partial charge in [0.2, 0.25) is 0 Å². The highest BCUT2D eigenvalue weighted by molar-refractivity contribution is 9.10. The van der Waals surface area contributed by atoms with Crippen LogP contribution < -0.4 is 5.32 Å². The largest absolute Gasteiger partial charge is 0.377 e. The number of alkyl halides is 3. The number of carbonyl (C=O) groups is 1. The summed E-state index contributed by atoms with van der Waals surface area (Å²) in [5.74, 6) is -1.37. The van der Waals surface area contributed by atoms with Gasteiger partial charge in [-0.25, -0.2) is 0 Å². The number of nitrogens with zero attached hydrogens (tertiary/aromatic N) is 1. The standard InChI is InChI=1S/C6H6BrF2N3O/c7-6(8,9)5(13)10-1-4-2-11-12-3-4/h2-3H,1H2,(H,10,13)(H,11,12). The zero-order valence-corrected chi connectivity index (χ0v) is 7.94. The molecule has 0 saturated carbocycles. The summed E-state index contributed by atoms with van der Waals surface area (Å²) in [6.07, 6.45) is 2.94. The first-order chi connectivity index (χ1) is 6.00. The molecule has 0 fully saturated rings. The van der Waals surface area contributed by atoms with Crippen LogP contribution in [0, 0.1) is 0 Å². The molecule has 0 aliphatic carbocycles. The Kier molecular flexibility index (Phi) is 2.97. The van der Waals surface area contributed by atoms with Crippen molar-refractivity contribution in [3.63, 3.8) is 0 Å². The second-order valence-corrected chi connectivity index (χ2v) is 3.28. The predicted molar refractivity (Wildman–Crippen MR) is 44.3 cm³/mol. The van der Waals surface area contributed by atoms with Gasteiger partial charge in [-0.1, -0.05) is 0 Å². The van der Waals surface area contributed by atoms with E-state index in [0.29, 0.717) is 5.56 Å². The molecule has 0 bridgehead atoms. The van der Waals surface area contributed by atoms with Crippen LogP contribution in [0.5, 0.6) is 0 Å². The number of H-pyrrole nitrogens is 1. The van der Waals surface area contributed by atoms with Gasteiger partial charge in [-0.2, -0.15) is 13.9 Å². The van der Waals surface area contributed by atoms with Crippen molar-refractivity contribution in [1.29, 1.82) is 0 Å². The third-order valence-electron chi connectivity index (χ3n) is 1.27. The quantitative estimate of drug-likeness (QED) is 0.791. The maximum atomic E-state index is 12.2. The van der Waals surface area contributed by atoms with E-state index < -0.39 is 10.7 Å². The summed E-state index contributed by atoms with van der Waals surface area (Å²) >= 11 is 1.94. The van der Waals surface area contributed by atoms with Gasteiger partial charge in [0, 0.05) is 34.2 Å². The SMILES string of the molecule is O=C(NCc1cn[nH]c1)C(F)(F)Br. The lowest BCUT2D eigenvalue weighted by Gasteiger charge is -2.07. The predicted octanol–water partition coefficient (Wildman–Crippen LogP) is 1.01. The lowest BCUT2D eigenvalue weighted by Crippen LogP contribution is -2.34. The van der Waals surface area contributed by atoms with E-state index in [4.69, 9.17) is 0 Å². The lowest BCUT2D eigenvalue weighted by atomic mass is 10.3. The van der Waals surface area contributed by atoms with Crippen LogP contribution in [0.4, 0.5) is 8.78 Å². The van der Waals surface area contributed by atoms with Gasteiger partial charge in [-0.15, -0.1) is 0 Å². The van der Waals surface area contributed by atoms with Crippen molar-refractivity contribution < 1.29 is 13.6 Å². The van der Waals surface area contributed by atoms with Gasteiger partial charge in [0.15, 0.2) is 0 Å². The molecular weight excluding hydrogens is 248 g/mol. The Balaban J connectivity index is 2.40. The molecule has 0 saturated heterocycles. The summed E-state index contributed by atoms with van der Waals surface area (Å²) in [4.78, 5) is 7.10. The maximum Gasteiger partial charge on any atom is 0.377 e. The molecule has 0 aliphatic heterocycles. The molecule has 1 rings (SSSR count). The Morgan fingerprint density at radius 3 is 2.92 bits per heavy atom. The van der Waals surface area contributed by atoms with Crippen LogP contribution in [-0.2, 0) is 11.3 Å². The minimum absolute atomic E-state index is 0.0243. The third kappa shape index (κ3) is 3.10. The van der Waals surface area contributed by atoms with Gasteiger partial charge >= 0.3 is 10.7 Å². The summed E-state index contributed by atoms with van der Waals surface area (Å²) < 4.78 is 24.5. The minimum atomic E-state index is -3.52. The van der Waals surface area contributed by atoms with Crippen LogP contribution in [0.15, 0.2) is 12.4 Å². The molecule has 13 heavy (non-hydrogen) atoms. The summed E-state index contributed by atoms with van der Waals surface area (Å²) in [6.45, 7) is 0.0243. The first-order valence-electron chi connectivity index (χ1n) is 3.33. The van der Waals surface area contributed by atoms with Crippen LogP contribution in [0.25, 0.3) is 0 Å². The van der Waals surface area contributed by atoms with Crippen LogP contribution in [0.2, 0.25) is 0 Å². The molecule has 1 amide bonds. The van der Waals surface area contributed by atoms with E-state index >= 15 is 0 Å². The molecule has 1 aromatic rings. The second kappa shape index (κ2) is 3.82. The number of nitrogens with one attached hydrogen (secondary N) is 2. The van der Waals surface area contributed by atoms with Crippen molar-refractivity contribution in [2.45, 2.75) is 11.4 Å². The average Bonchev–Trinajstić information content (AvgIpc) is 2.50. The van der Waals surface area contributed by atoms with E-state index in [1.807, 2.05) is 21.2 Å². The number of halogens is 3. The monoisotopic (exact) mass is 253 g/mol. The Hall–Kier alpha value is -0.980. The lowest BCUT2D eigenvalue weighted by molar-refractivity contribution is -0.134. The number of aromatic amines is 1. The van der Waals surface area contributed by atoms with Crippen LogP contribution in [0.3, 0.4) is 0 Å². The second-order valence-electron chi connectivity index (χ2n) is 2.29. The molecule has 7 heteroatoms. The fourth-order valence-electron chi connectivity index (χ4n) is 0.657. The van der Waals surface area contributed by atoms with Crippen molar-refractivity contribution in [3.8, 4) is 0 Å². The van der Waals surface area contributed by atoms with Crippen LogP contribution >= 0.6 is 15.9 Å². The molecule has 0 aliphatic rings. The average molecular weight is 254 g/mol. The molecule has 0 radical (unpaired) electrons. The molecule has 72 valence electrons. The number of amides is 1. The molecule has 1 aromatic heterocycles. The number of hydrogen-bond acceptors (Lipinski definition) is 2. The highest BCUT2D eigenvalue weighted by atomic mass is 79.9. The summed E-state index contributed by atoms with van der Waals surface area (Å²) in [5, 5.41) is 8.11. The Bertz CT molecular complexity index is 283. The normalized spacial score (nSPS) is 11.3. The molecule has 4 nitrogen and oxygen atoms in total. The van der Waals surface area contributed by atoms with Gasteiger partial charge in [0.05, 0.1) is 6.20 Å². The zero-order valence-electron chi connectivity index (χ0n) is 6.35. The first kappa shape index (κ1) is 10.1. The molecule has 0 spiro atoms. The summed E-state index contributed by atoms with van der Waals surface area (Å²) in [5.41, 5.74) is 0.630. The Labute approximate surface area is 80.8 Å². The first-order valence-corrected chi connectivity index (χ1v) is 4.12. The highest BCUT2D eigenvalue weighted by Crippen LogP contribution is 2.21. The van der Waals surface area contributed by atoms with Crippen molar-refractivity contribution in [2.75, 3.05) is 0 Å². The summed E-state index contributed by atoms with van der Waals surface area (Å²) in [7, 11) is 0. The smallest absolute Gasteiger partial charge is 0.346 e. The van der Waals surface area contributed by atoms with Crippen molar-refractivity contribution >= 4 is 21.8 Å². The Morgan fingerprint density at radius 1 is 1.77 bits per heavy atom. The van der Waals surface area contributed by atoms with Gasteiger partial charge in [0.1, 0.15) is 0 Å². The number of aromatic nitrogens is 2. The van der Waals surface area contributed by atoms with Gasteiger partial charge in [0.25, 0.3) is 0 Å². The Morgan fingerprint density at radius 2 is 2.46 bits per heavy atom. The fourth-order valence-corrected chi connectivity index (χ4v) is 0.797. The molecule has 0 aromatic carbocycles.